The molecule has 10 heteroatoms. The molecule has 2 aromatic carbocycles. The lowest BCUT2D eigenvalue weighted by atomic mass is 9.91. The second-order valence-corrected chi connectivity index (χ2v) is 7.56. The van der Waals surface area contributed by atoms with Crippen molar-refractivity contribution >= 4 is 35.1 Å². The molecule has 0 aromatic heterocycles. The number of ether oxygens (including phenoxy) is 2. The number of nitrogens with one attached hydrogen (secondary N) is 2. The molecule has 1 unspecified atom stereocenters. The molecule has 10 nitrogen and oxygen atoms in total. The molecule has 3 aliphatic rings. The molecule has 0 spiro atoms. The number of hydrogen-bond acceptors (Lipinski definition) is 6. The number of benzene rings is 2. The minimum Gasteiger partial charge on any atom is -0.454 e. The third-order valence-corrected chi connectivity index (χ3v) is 5.59. The number of amides is 5. The molecule has 5 rings (SSSR count). The van der Waals surface area contributed by atoms with Crippen molar-refractivity contribution in [3.05, 3.63) is 48.0 Å². The lowest BCUT2D eigenvalue weighted by Crippen LogP contribution is -2.48. The SMILES string of the molecule is CC1(c2ccc3c(c2)OCO3)NC(=O)N(CC(=O)N2CC(=O)Nc3ccccc32)C1=O. The van der Waals surface area contributed by atoms with Gasteiger partial charge in [-0.25, -0.2) is 4.79 Å². The monoisotopic (exact) mass is 422 g/mol. The Bertz CT molecular complexity index is 1150. The lowest BCUT2D eigenvalue weighted by Gasteiger charge is -2.30. The van der Waals surface area contributed by atoms with E-state index in [4.69, 9.17) is 9.47 Å². The van der Waals surface area contributed by atoms with Crippen LogP contribution in [0.3, 0.4) is 0 Å². The summed E-state index contributed by atoms with van der Waals surface area (Å²) < 4.78 is 10.6. The summed E-state index contributed by atoms with van der Waals surface area (Å²) in [6.07, 6.45) is 0. The van der Waals surface area contributed by atoms with Crippen molar-refractivity contribution in [2.45, 2.75) is 12.5 Å². The number of imide groups is 1. The second-order valence-electron chi connectivity index (χ2n) is 7.56. The maximum Gasteiger partial charge on any atom is 0.325 e. The van der Waals surface area contributed by atoms with Gasteiger partial charge in [-0.15, -0.1) is 0 Å². The summed E-state index contributed by atoms with van der Waals surface area (Å²) in [4.78, 5) is 52.9. The molecule has 0 bridgehead atoms. The van der Waals surface area contributed by atoms with Crippen molar-refractivity contribution in [3.8, 4) is 11.5 Å². The molecule has 1 atom stereocenters. The Morgan fingerprint density at radius 3 is 2.71 bits per heavy atom. The van der Waals surface area contributed by atoms with Gasteiger partial charge in [-0.3, -0.25) is 24.2 Å². The van der Waals surface area contributed by atoms with Crippen molar-refractivity contribution in [2.24, 2.45) is 0 Å². The van der Waals surface area contributed by atoms with Crippen LogP contribution in [-0.2, 0) is 19.9 Å². The Balaban J connectivity index is 1.39. The topological polar surface area (TPSA) is 117 Å². The molecular weight excluding hydrogens is 404 g/mol. The highest BCUT2D eigenvalue weighted by Gasteiger charge is 2.50. The van der Waals surface area contributed by atoms with E-state index in [-0.39, 0.29) is 19.2 Å². The largest absolute Gasteiger partial charge is 0.454 e. The minimum atomic E-state index is -1.37. The fraction of sp³-hybridized carbons (Fsp3) is 0.238. The predicted octanol–water partition coefficient (Wildman–Crippen LogP) is 1.17. The Labute approximate surface area is 176 Å². The molecule has 31 heavy (non-hydrogen) atoms. The summed E-state index contributed by atoms with van der Waals surface area (Å²) in [7, 11) is 0. The quantitative estimate of drug-likeness (QED) is 0.717. The van der Waals surface area contributed by atoms with E-state index in [1.165, 1.54) is 4.90 Å². The number of nitrogens with zero attached hydrogens (tertiary/aromatic N) is 2. The highest BCUT2D eigenvalue weighted by molar-refractivity contribution is 6.14. The Kier molecular flexibility index (Phi) is 4.10. The fourth-order valence-corrected chi connectivity index (χ4v) is 3.92. The fourth-order valence-electron chi connectivity index (χ4n) is 3.92. The maximum absolute atomic E-state index is 13.2. The zero-order chi connectivity index (χ0) is 21.8. The Morgan fingerprint density at radius 2 is 1.87 bits per heavy atom. The van der Waals surface area contributed by atoms with E-state index in [1.54, 1.807) is 49.4 Å². The zero-order valence-electron chi connectivity index (χ0n) is 16.5. The number of hydrogen-bond donors (Lipinski definition) is 2. The summed E-state index contributed by atoms with van der Waals surface area (Å²) in [6.45, 7) is 0.964. The standard InChI is InChI=1S/C21H18N4O6/c1-21(12-6-7-15-16(8-12)31-11-30-15)19(28)25(20(29)23-21)10-18(27)24-9-17(26)22-13-4-2-3-5-14(13)24/h2-8H,9-11H2,1H3,(H,22,26)(H,23,29). The number of para-hydroxylation sites is 2. The molecular formula is C21H18N4O6. The van der Waals surface area contributed by atoms with E-state index in [0.29, 0.717) is 28.4 Å². The van der Waals surface area contributed by atoms with Crippen LogP contribution in [0.1, 0.15) is 12.5 Å². The molecule has 1 saturated heterocycles. The smallest absolute Gasteiger partial charge is 0.325 e. The normalized spacial score (nSPS) is 21.6. The molecule has 2 N–H and O–H groups in total. The van der Waals surface area contributed by atoms with Gasteiger partial charge < -0.3 is 20.1 Å². The average molecular weight is 422 g/mol. The summed E-state index contributed by atoms with van der Waals surface area (Å²) in [5, 5.41) is 5.36. The van der Waals surface area contributed by atoms with Crippen LogP contribution in [0, 0.1) is 0 Å². The van der Waals surface area contributed by atoms with Crippen molar-refractivity contribution in [1.82, 2.24) is 10.2 Å². The van der Waals surface area contributed by atoms with Crippen molar-refractivity contribution < 1.29 is 28.7 Å². The average Bonchev–Trinajstić information content (AvgIpc) is 3.31. The first-order valence-corrected chi connectivity index (χ1v) is 9.60. The van der Waals surface area contributed by atoms with E-state index in [1.807, 2.05) is 0 Å². The highest BCUT2D eigenvalue weighted by atomic mass is 16.7. The zero-order valence-corrected chi connectivity index (χ0v) is 16.5. The molecule has 1 fully saturated rings. The third kappa shape index (κ3) is 2.95. The maximum atomic E-state index is 13.2. The van der Waals surface area contributed by atoms with Gasteiger partial charge in [0.05, 0.1) is 11.4 Å². The van der Waals surface area contributed by atoms with E-state index < -0.39 is 29.9 Å². The lowest BCUT2D eigenvalue weighted by molar-refractivity contribution is -0.134. The summed E-state index contributed by atoms with van der Waals surface area (Å²) in [5.41, 5.74) is 0.148. The number of urea groups is 1. The van der Waals surface area contributed by atoms with Crippen LogP contribution in [0.4, 0.5) is 16.2 Å². The first-order chi connectivity index (χ1) is 14.9. The predicted molar refractivity (Wildman–Crippen MR) is 108 cm³/mol. The molecule has 5 amide bonds. The van der Waals surface area contributed by atoms with Crippen molar-refractivity contribution in [1.29, 1.82) is 0 Å². The molecule has 0 radical (unpaired) electrons. The minimum absolute atomic E-state index is 0.0846. The molecule has 0 aliphatic carbocycles. The molecule has 0 saturated carbocycles. The number of anilines is 2. The van der Waals surface area contributed by atoms with Crippen LogP contribution in [0.15, 0.2) is 42.5 Å². The number of carbonyl (C=O) groups excluding carboxylic acids is 4. The molecule has 3 heterocycles. The Hall–Kier alpha value is -4.08. The first-order valence-electron chi connectivity index (χ1n) is 9.60. The van der Waals surface area contributed by atoms with Crippen LogP contribution in [0.2, 0.25) is 0 Å². The van der Waals surface area contributed by atoms with Gasteiger partial charge in [-0.2, -0.15) is 0 Å². The van der Waals surface area contributed by atoms with Gasteiger partial charge in [0.2, 0.25) is 18.6 Å². The van der Waals surface area contributed by atoms with Crippen LogP contribution in [0.5, 0.6) is 11.5 Å². The number of rotatable bonds is 3. The highest BCUT2D eigenvalue weighted by Crippen LogP contribution is 2.38. The number of carbonyl (C=O) groups is 4. The van der Waals surface area contributed by atoms with Gasteiger partial charge in [0, 0.05) is 0 Å². The number of fused-ring (bicyclic) bond motifs is 2. The van der Waals surface area contributed by atoms with Gasteiger partial charge in [0.15, 0.2) is 11.5 Å². The van der Waals surface area contributed by atoms with E-state index in [9.17, 15) is 19.2 Å². The van der Waals surface area contributed by atoms with Gasteiger partial charge in [0.25, 0.3) is 5.91 Å². The van der Waals surface area contributed by atoms with Crippen molar-refractivity contribution in [3.63, 3.8) is 0 Å². The van der Waals surface area contributed by atoms with Gasteiger partial charge in [-0.1, -0.05) is 18.2 Å². The van der Waals surface area contributed by atoms with Gasteiger partial charge >= 0.3 is 6.03 Å². The van der Waals surface area contributed by atoms with Crippen LogP contribution in [-0.4, -0.2) is 48.5 Å². The van der Waals surface area contributed by atoms with Crippen LogP contribution < -0.4 is 25.0 Å². The van der Waals surface area contributed by atoms with E-state index in [0.717, 1.165) is 4.90 Å². The summed E-state index contributed by atoms with van der Waals surface area (Å²) >= 11 is 0. The van der Waals surface area contributed by atoms with Crippen LogP contribution in [0.25, 0.3) is 0 Å². The molecule has 2 aromatic rings. The first kappa shape index (κ1) is 18.9. The van der Waals surface area contributed by atoms with Gasteiger partial charge in [0.1, 0.15) is 18.6 Å². The van der Waals surface area contributed by atoms with Crippen molar-refractivity contribution in [2.75, 3.05) is 30.1 Å². The van der Waals surface area contributed by atoms with Crippen LogP contribution >= 0.6 is 0 Å². The van der Waals surface area contributed by atoms with E-state index in [2.05, 4.69) is 10.6 Å². The third-order valence-electron chi connectivity index (χ3n) is 5.59. The Morgan fingerprint density at radius 1 is 1.10 bits per heavy atom. The van der Waals surface area contributed by atoms with E-state index >= 15 is 0 Å². The molecule has 3 aliphatic heterocycles. The molecule has 158 valence electrons. The van der Waals surface area contributed by atoms with Gasteiger partial charge in [-0.05, 0) is 36.8 Å². The second kappa shape index (κ2) is 6.73. The summed E-state index contributed by atoms with van der Waals surface area (Å²) in [6, 6.07) is 11.1. The summed E-state index contributed by atoms with van der Waals surface area (Å²) in [5.74, 6) is -0.431.